The molecule has 2 rings (SSSR count). The maximum Gasteiger partial charge on any atom is 0.330 e. The Balaban J connectivity index is 1.78. The number of H-pyrrole nitrogens is 1. The number of unbranched alkanes of at least 4 members (excludes halogenated alkanes) is 1. The fourth-order valence-electron chi connectivity index (χ4n) is 2.89. The van der Waals surface area contributed by atoms with E-state index >= 15 is 0 Å². The van der Waals surface area contributed by atoms with E-state index in [4.69, 9.17) is 13.8 Å². The lowest BCUT2D eigenvalue weighted by molar-refractivity contribution is 0.219. The molecule has 2 heterocycles. The van der Waals surface area contributed by atoms with Gasteiger partial charge in [-0.3, -0.25) is 4.57 Å². The van der Waals surface area contributed by atoms with Crippen LogP contribution in [0.25, 0.3) is 11.0 Å². The van der Waals surface area contributed by atoms with E-state index in [2.05, 4.69) is 27.2 Å². The van der Waals surface area contributed by atoms with Crippen molar-refractivity contribution in [2.24, 2.45) is 0 Å². The summed E-state index contributed by atoms with van der Waals surface area (Å²) in [6, 6.07) is 0. The maximum atomic E-state index is 12.4. The molecule has 0 aromatic carbocycles. The summed E-state index contributed by atoms with van der Waals surface area (Å²) < 4.78 is 28.8. The number of nitrogens with zero attached hydrogens (tertiary/aromatic N) is 2. The van der Waals surface area contributed by atoms with Gasteiger partial charge in [0.15, 0.2) is 0 Å². The minimum atomic E-state index is -2.94. The summed E-state index contributed by atoms with van der Waals surface area (Å²) in [5.74, 6) is 0.611. The van der Waals surface area contributed by atoms with Crippen LogP contribution in [-0.2, 0) is 20.0 Å². The largest absolute Gasteiger partial charge is 0.476 e. The van der Waals surface area contributed by atoms with Crippen molar-refractivity contribution in [1.29, 1.82) is 0 Å². The SMILES string of the molecule is CCCCOc1ncnc2c(CCNCCCP(=O)(OCC)OCC)c[nH]c12. The molecule has 0 aliphatic carbocycles. The second-order valence-electron chi connectivity index (χ2n) is 6.44. The van der Waals surface area contributed by atoms with E-state index in [9.17, 15) is 4.57 Å². The highest BCUT2D eigenvalue weighted by Gasteiger charge is 2.22. The average Bonchev–Trinajstić information content (AvgIpc) is 3.09. The summed E-state index contributed by atoms with van der Waals surface area (Å²) in [4.78, 5) is 11.9. The predicted octanol–water partition coefficient (Wildman–Crippen LogP) is 3.93. The molecule has 2 N–H and O–H groups in total. The summed E-state index contributed by atoms with van der Waals surface area (Å²) >= 11 is 0. The first-order chi connectivity index (χ1) is 13.6. The summed E-state index contributed by atoms with van der Waals surface area (Å²) in [6.45, 7) is 8.80. The Labute approximate surface area is 167 Å². The van der Waals surface area contributed by atoms with Crippen molar-refractivity contribution in [2.45, 2.75) is 46.5 Å². The van der Waals surface area contributed by atoms with Gasteiger partial charge in [0.25, 0.3) is 0 Å². The van der Waals surface area contributed by atoms with Crippen LogP contribution in [0.2, 0.25) is 0 Å². The van der Waals surface area contributed by atoms with Crippen molar-refractivity contribution in [3.05, 3.63) is 18.1 Å². The molecular formula is C19H33N4O4P. The van der Waals surface area contributed by atoms with Gasteiger partial charge in [-0.15, -0.1) is 0 Å². The number of nitrogens with one attached hydrogen (secondary N) is 2. The molecule has 0 saturated heterocycles. The molecule has 0 aliphatic heterocycles. The Bertz CT molecular complexity index is 743. The highest BCUT2D eigenvalue weighted by Crippen LogP contribution is 2.48. The number of aromatic amines is 1. The number of hydrogen-bond donors (Lipinski definition) is 2. The van der Waals surface area contributed by atoms with Crippen LogP contribution in [0.3, 0.4) is 0 Å². The molecule has 8 nitrogen and oxygen atoms in total. The van der Waals surface area contributed by atoms with Gasteiger partial charge in [0.1, 0.15) is 11.8 Å². The molecule has 0 amide bonds. The standard InChI is InChI=1S/C19H33N4O4P/c1-4-7-12-25-19-18-17(22-15-23-19)16(14-21-18)9-11-20-10-8-13-28(24,26-5-2)27-6-3/h14-15,20-21H,4-13H2,1-3H3. The number of rotatable bonds is 15. The van der Waals surface area contributed by atoms with Crippen LogP contribution in [0.15, 0.2) is 12.5 Å². The van der Waals surface area contributed by atoms with Crippen LogP contribution in [0, 0.1) is 0 Å². The first kappa shape index (κ1) is 22.8. The van der Waals surface area contributed by atoms with Crippen LogP contribution < -0.4 is 10.1 Å². The lowest BCUT2D eigenvalue weighted by Crippen LogP contribution is -2.19. The Morgan fingerprint density at radius 2 is 1.89 bits per heavy atom. The molecule has 2 aromatic heterocycles. The molecule has 0 bridgehead atoms. The van der Waals surface area contributed by atoms with Gasteiger partial charge in [-0.2, -0.15) is 4.98 Å². The Kier molecular flexibility index (Phi) is 9.92. The third-order valence-electron chi connectivity index (χ3n) is 4.25. The molecule has 2 aromatic rings. The van der Waals surface area contributed by atoms with Crippen molar-refractivity contribution in [1.82, 2.24) is 20.3 Å². The van der Waals surface area contributed by atoms with Crippen LogP contribution in [-0.4, -0.2) is 54.0 Å². The van der Waals surface area contributed by atoms with Crippen LogP contribution in [0.4, 0.5) is 0 Å². The summed E-state index contributed by atoms with van der Waals surface area (Å²) in [7, 11) is -2.94. The van der Waals surface area contributed by atoms with E-state index in [1.54, 1.807) is 6.33 Å². The maximum absolute atomic E-state index is 12.4. The normalized spacial score (nSPS) is 12.0. The Morgan fingerprint density at radius 1 is 1.11 bits per heavy atom. The van der Waals surface area contributed by atoms with Gasteiger partial charge in [0, 0.05) is 6.20 Å². The van der Waals surface area contributed by atoms with E-state index in [0.29, 0.717) is 31.9 Å². The lowest BCUT2D eigenvalue weighted by Gasteiger charge is -2.16. The van der Waals surface area contributed by atoms with Crippen LogP contribution in [0.1, 0.15) is 45.6 Å². The minimum absolute atomic E-state index is 0.400. The monoisotopic (exact) mass is 412 g/mol. The van der Waals surface area contributed by atoms with Gasteiger partial charge in [0.05, 0.1) is 31.5 Å². The van der Waals surface area contributed by atoms with Crippen molar-refractivity contribution >= 4 is 18.6 Å². The molecule has 0 unspecified atom stereocenters. The Morgan fingerprint density at radius 3 is 2.61 bits per heavy atom. The highest BCUT2D eigenvalue weighted by atomic mass is 31.2. The van der Waals surface area contributed by atoms with Crippen molar-refractivity contribution in [3.63, 3.8) is 0 Å². The number of ether oxygens (including phenoxy) is 1. The zero-order valence-electron chi connectivity index (χ0n) is 17.2. The topological polar surface area (TPSA) is 98.4 Å². The molecule has 9 heteroatoms. The molecular weight excluding hydrogens is 379 g/mol. The first-order valence-corrected chi connectivity index (χ1v) is 11.9. The number of fused-ring (bicyclic) bond motifs is 1. The average molecular weight is 412 g/mol. The van der Waals surface area contributed by atoms with Gasteiger partial charge in [-0.05, 0) is 51.8 Å². The van der Waals surface area contributed by atoms with E-state index in [-0.39, 0.29) is 0 Å². The van der Waals surface area contributed by atoms with Gasteiger partial charge in [-0.1, -0.05) is 13.3 Å². The molecule has 0 radical (unpaired) electrons. The van der Waals surface area contributed by atoms with Gasteiger partial charge in [0.2, 0.25) is 5.88 Å². The summed E-state index contributed by atoms with van der Waals surface area (Å²) in [5, 5.41) is 3.38. The zero-order chi connectivity index (χ0) is 20.2. The number of aromatic nitrogens is 3. The molecule has 0 spiro atoms. The van der Waals surface area contributed by atoms with Crippen molar-refractivity contribution in [2.75, 3.05) is 39.1 Å². The Hall–Kier alpha value is -1.47. The van der Waals surface area contributed by atoms with Gasteiger partial charge < -0.3 is 24.1 Å². The minimum Gasteiger partial charge on any atom is -0.476 e. The molecule has 0 saturated carbocycles. The third-order valence-corrected chi connectivity index (χ3v) is 6.42. The van der Waals surface area contributed by atoms with Gasteiger partial charge >= 0.3 is 7.60 Å². The van der Waals surface area contributed by atoms with E-state index < -0.39 is 7.60 Å². The molecule has 0 aliphatic rings. The second kappa shape index (κ2) is 12.2. The lowest BCUT2D eigenvalue weighted by atomic mass is 10.2. The quantitative estimate of drug-likeness (QED) is 0.338. The second-order valence-corrected chi connectivity index (χ2v) is 8.63. The van der Waals surface area contributed by atoms with Crippen molar-refractivity contribution < 1.29 is 18.3 Å². The predicted molar refractivity (Wildman–Crippen MR) is 111 cm³/mol. The van der Waals surface area contributed by atoms with Crippen LogP contribution >= 0.6 is 7.60 Å². The smallest absolute Gasteiger partial charge is 0.330 e. The summed E-state index contributed by atoms with van der Waals surface area (Å²) in [5.41, 5.74) is 2.88. The number of hydrogen-bond acceptors (Lipinski definition) is 7. The fourth-order valence-corrected chi connectivity index (χ4v) is 4.55. The zero-order valence-corrected chi connectivity index (χ0v) is 18.1. The molecule has 0 atom stereocenters. The molecule has 28 heavy (non-hydrogen) atoms. The molecule has 0 fully saturated rings. The van der Waals surface area contributed by atoms with E-state index in [1.807, 2.05) is 20.0 Å². The molecule has 158 valence electrons. The van der Waals surface area contributed by atoms with Gasteiger partial charge in [-0.25, -0.2) is 4.98 Å². The van der Waals surface area contributed by atoms with E-state index in [1.165, 1.54) is 0 Å². The highest BCUT2D eigenvalue weighted by molar-refractivity contribution is 7.53. The van der Waals surface area contributed by atoms with Crippen molar-refractivity contribution in [3.8, 4) is 5.88 Å². The first-order valence-electron chi connectivity index (χ1n) is 10.2. The van der Waals surface area contributed by atoms with Crippen LogP contribution in [0.5, 0.6) is 5.88 Å². The summed E-state index contributed by atoms with van der Waals surface area (Å²) in [6.07, 6.45) is 7.60. The fraction of sp³-hybridized carbons (Fsp3) is 0.684. The van der Waals surface area contributed by atoms with E-state index in [0.717, 1.165) is 55.4 Å². The third kappa shape index (κ3) is 6.85.